The van der Waals surface area contributed by atoms with Crippen LogP contribution < -0.4 is 5.32 Å². The molecule has 6 rings (SSSR count). The zero-order valence-corrected chi connectivity index (χ0v) is 22.1. The molecule has 5 heterocycles. The van der Waals surface area contributed by atoms with E-state index in [1.165, 1.54) is 25.7 Å². The van der Waals surface area contributed by atoms with E-state index in [9.17, 15) is 0 Å². The van der Waals surface area contributed by atoms with Crippen molar-refractivity contribution in [3.63, 3.8) is 0 Å². The Balaban J connectivity index is 1.30. The Morgan fingerprint density at radius 3 is 2.77 bits per heavy atom. The van der Waals surface area contributed by atoms with Gasteiger partial charge in [-0.05, 0) is 73.7 Å². The van der Waals surface area contributed by atoms with Crippen molar-refractivity contribution in [1.29, 1.82) is 0 Å². The Bertz CT molecular complexity index is 1670. The maximum atomic E-state index is 4.90. The average molecular weight is 517 g/mol. The maximum absolute atomic E-state index is 4.90. The molecule has 0 atom stereocenters. The van der Waals surface area contributed by atoms with Gasteiger partial charge in [0.1, 0.15) is 16.9 Å². The molecule has 1 aliphatic carbocycles. The molecule has 39 heavy (non-hydrogen) atoms. The third-order valence-electron chi connectivity index (χ3n) is 7.43. The van der Waals surface area contributed by atoms with Crippen molar-refractivity contribution in [3.05, 3.63) is 85.0 Å². The monoisotopic (exact) mass is 516 g/mol. The Hall–Kier alpha value is -4.43. The zero-order chi connectivity index (χ0) is 26.6. The molecule has 5 aromatic heterocycles. The Morgan fingerprint density at radius 1 is 1.08 bits per heavy atom. The van der Waals surface area contributed by atoms with Crippen molar-refractivity contribution in [1.82, 2.24) is 40.4 Å². The van der Waals surface area contributed by atoms with Gasteiger partial charge < -0.3 is 10.3 Å². The summed E-state index contributed by atoms with van der Waals surface area (Å²) >= 11 is 0. The van der Waals surface area contributed by atoms with E-state index in [1.54, 1.807) is 12.4 Å². The second-order valence-electron chi connectivity index (χ2n) is 9.99. The molecule has 1 fully saturated rings. The number of hydrogen-bond acceptors (Lipinski definition) is 6. The molecule has 0 amide bonds. The van der Waals surface area contributed by atoms with Crippen LogP contribution in [-0.2, 0) is 0 Å². The SMILES string of the molecule is C=C/C(=C\C(=C/C)c1cc2c(-c3nc4c(-c5ccccn5)nccc4[nH]3)n[nH]c2cn1)CNCC1CCCC1. The van der Waals surface area contributed by atoms with E-state index in [-0.39, 0.29) is 0 Å². The smallest absolute Gasteiger partial charge is 0.159 e. The highest BCUT2D eigenvalue weighted by Crippen LogP contribution is 2.31. The molecular weight excluding hydrogens is 484 g/mol. The van der Waals surface area contributed by atoms with Gasteiger partial charge in [0.15, 0.2) is 5.82 Å². The first-order chi connectivity index (χ1) is 19.2. The Kier molecular flexibility index (Phi) is 7.10. The Labute approximate surface area is 227 Å². The topological polar surface area (TPSA) is 108 Å². The van der Waals surface area contributed by atoms with Gasteiger partial charge in [0.25, 0.3) is 0 Å². The molecule has 8 heteroatoms. The third-order valence-corrected chi connectivity index (χ3v) is 7.43. The second kappa shape index (κ2) is 11.1. The number of pyridine rings is 3. The first kappa shape index (κ1) is 24.9. The Morgan fingerprint density at radius 2 is 1.97 bits per heavy atom. The molecule has 5 aromatic rings. The third kappa shape index (κ3) is 5.15. The zero-order valence-electron chi connectivity index (χ0n) is 22.1. The van der Waals surface area contributed by atoms with Crippen LogP contribution in [0.1, 0.15) is 38.3 Å². The number of H-pyrrole nitrogens is 2. The molecule has 0 aliphatic heterocycles. The van der Waals surface area contributed by atoms with Crippen LogP contribution in [0, 0.1) is 5.92 Å². The molecule has 0 aromatic carbocycles. The molecule has 8 nitrogen and oxygen atoms in total. The number of imidazole rings is 1. The number of rotatable bonds is 9. The van der Waals surface area contributed by atoms with Gasteiger partial charge in [-0.25, -0.2) is 4.98 Å². The minimum Gasteiger partial charge on any atom is -0.336 e. The predicted octanol–water partition coefficient (Wildman–Crippen LogP) is 6.25. The van der Waals surface area contributed by atoms with Crippen LogP contribution in [0.25, 0.3) is 50.4 Å². The summed E-state index contributed by atoms with van der Waals surface area (Å²) in [5.74, 6) is 1.47. The fourth-order valence-corrected chi connectivity index (χ4v) is 5.32. The van der Waals surface area contributed by atoms with E-state index < -0.39 is 0 Å². The number of aromatic amines is 2. The lowest BCUT2D eigenvalue weighted by Crippen LogP contribution is -2.23. The summed E-state index contributed by atoms with van der Waals surface area (Å²) in [5.41, 5.74) is 7.78. The lowest BCUT2D eigenvalue weighted by molar-refractivity contribution is 0.503. The number of fused-ring (bicyclic) bond motifs is 2. The van der Waals surface area contributed by atoms with Crippen molar-refractivity contribution in [2.45, 2.75) is 32.6 Å². The normalized spacial score (nSPS) is 15.0. The van der Waals surface area contributed by atoms with Crippen molar-refractivity contribution in [2.75, 3.05) is 13.1 Å². The summed E-state index contributed by atoms with van der Waals surface area (Å²) in [5, 5.41) is 12.3. The summed E-state index contributed by atoms with van der Waals surface area (Å²) < 4.78 is 0. The lowest BCUT2D eigenvalue weighted by atomic mass is 10.0. The van der Waals surface area contributed by atoms with Crippen molar-refractivity contribution in [2.24, 2.45) is 5.92 Å². The van der Waals surface area contributed by atoms with Crippen LogP contribution in [0.5, 0.6) is 0 Å². The molecule has 0 unspecified atom stereocenters. The van der Waals surface area contributed by atoms with E-state index in [0.717, 1.165) is 74.9 Å². The van der Waals surface area contributed by atoms with E-state index in [0.29, 0.717) is 5.82 Å². The summed E-state index contributed by atoms with van der Waals surface area (Å²) in [4.78, 5) is 22.1. The molecule has 196 valence electrons. The fourth-order valence-electron chi connectivity index (χ4n) is 5.32. The molecule has 0 bridgehead atoms. The van der Waals surface area contributed by atoms with Crippen molar-refractivity contribution < 1.29 is 0 Å². The van der Waals surface area contributed by atoms with Crippen LogP contribution in [0.2, 0.25) is 0 Å². The van der Waals surface area contributed by atoms with E-state index in [2.05, 4.69) is 55.3 Å². The highest BCUT2D eigenvalue weighted by atomic mass is 15.1. The van der Waals surface area contributed by atoms with Crippen molar-refractivity contribution in [3.8, 4) is 22.9 Å². The number of nitrogens with zero attached hydrogens (tertiary/aromatic N) is 5. The number of aromatic nitrogens is 7. The van der Waals surface area contributed by atoms with Gasteiger partial charge in [-0.2, -0.15) is 5.10 Å². The van der Waals surface area contributed by atoms with E-state index in [1.807, 2.05) is 43.5 Å². The highest BCUT2D eigenvalue weighted by Gasteiger charge is 2.18. The maximum Gasteiger partial charge on any atom is 0.159 e. The molecule has 1 saturated carbocycles. The second-order valence-corrected chi connectivity index (χ2v) is 9.99. The summed E-state index contributed by atoms with van der Waals surface area (Å²) in [6, 6.07) is 9.76. The summed E-state index contributed by atoms with van der Waals surface area (Å²) in [6.45, 7) is 7.94. The van der Waals surface area contributed by atoms with Crippen LogP contribution in [-0.4, -0.2) is 48.2 Å². The quantitative estimate of drug-likeness (QED) is 0.200. The molecule has 1 aliphatic rings. The van der Waals surface area contributed by atoms with Gasteiger partial charge in [-0.1, -0.05) is 37.6 Å². The van der Waals surface area contributed by atoms with Gasteiger partial charge >= 0.3 is 0 Å². The highest BCUT2D eigenvalue weighted by molar-refractivity contribution is 5.96. The number of nitrogens with one attached hydrogen (secondary N) is 3. The molecule has 0 saturated heterocycles. The first-order valence-electron chi connectivity index (χ1n) is 13.5. The van der Waals surface area contributed by atoms with Gasteiger partial charge in [0, 0.05) is 24.3 Å². The van der Waals surface area contributed by atoms with Crippen LogP contribution in [0.15, 0.2) is 79.3 Å². The minimum atomic E-state index is 0.666. The van der Waals surface area contributed by atoms with Crippen LogP contribution >= 0.6 is 0 Å². The first-order valence-corrected chi connectivity index (χ1v) is 13.5. The van der Waals surface area contributed by atoms with Gasteiger partial charge in [-0.15, -0.1) is 0 Å². The summed E-state index contributed by atoms with van der Waals surface area (Å²) in [6.07, 6.45) is 16.9. The molecular formula is C31H32N8. The van der Waals surface area contributed by atoms with Crippen LogP contribution in [0.4, 0.5) is 0 Å². The standard InChI is InChI=1S/C31H32N8/c1-3-20(17-32-18-21-9-5-6-10-21)15-22(4-2)26-16-23-27(19-35-26)38-39-28(23)31-36-25-12-14-34-29(30(25)37-31)24-11-7-8-13-33-24/h3-4,7-8,11-16,19,21,32H,1,5-6,9-10,17-18H2,2H3,(H,36,37)(H,38,39)/b20-15+,22-4+. The van der Waals surface area contributed by atoms with Gasteiger partial charge in [-0.3, -0.25) is 20.1 Å². The van der Waals surface area contributed by atoms with Gasteiger partial charge in [0.05, 0.1) is 28.6 Å². The van der Waals surface area contributed by atoms with E-state index in [4.69, 9.17) is 9.97 Å². The average Bonchev–Trinajstić information content (AvgIpc) is 3.74. The van der Waals surface area contributed by atoms with Crippen LogP contribution in [0.3, 0.4) is 0 Å². The summed E-state index contributed by atoms with van der Waals surface area (Å²) in [7, 11) is 0. The lowest BCUT2D eigenvalue weighted by Gasteiger charge is -2.11. The van der Waals surface area contributed by atoms with Gasteiger partial charge in [0.2, 0.25) is 0 Å². The molecule has 3 N–H and O–H groups in total. The molecule has 0 spiro atoms. The minimum absolute atomic E-state index is 0.666. The number of allylic oxidation sites excluding steroid dienone is 3. The predicted molar refractivity (Wildman–Crippen MR) is 157 cm³/mol. The number of hydrogen-bond donors (Lipinski definition) is 3. The molecule has 0 radical (unpaired) electrons. The van der Waals surface area contributed by atoms with E-state index >= 15 is 0 Å². The fraction of sp³-hybridized carbons (Fsp3) is 0.258. The van der Waals surface area contributed by atoms with Crippen molar-refractivity contribution >= 4 is 27.5 Å². The largest absolute Gasteiger partial charge is 0.336 e.